The summed E-state index contributed by atoms with van der Waals surface area (Å²) < 4.78 is 4.90. The molecule has 4 nitrogen and oxygen atoms in total. The molecule has 1 fully saturated rings. The Bertz CT molecular complexity index is 317. The minimum atomic E-state index is -0.125. The third-order valence-corrected chi connectivity index (χ3v) is 3.90. The van der Waals surface area contributed by atoms with Crippen molar-refractivity contribution in [2.24, 2.45) is 5.92 Å². The van der Waals surface area contributed by atoms with Crippen molar-refractivity contribution in [3.05, 3.63) is 11.1 Å². The lowest BCUT2D eigenvalue weighted by molar-refractivity contribution is -0.136. The lowest BCUT2D eigenvalue weighted by atomic mass is 9.84. The van der Waals surface area contributed by atoms with E-state index in [9.17, 15) is 4.79 Å². The van der Waals surface area contributed by atoms with Gasteiger partial charge < -0.3 is 15.0 Å². The van der Waals surface area contributed by atoms with Crippen LogP contribution in [0.1, 0.15) is 19.3 Å². The maximum Gasteiger partial charge on any atom is 0.333 e. The van der Waals surface area contributed by atoms with Gasteiger partial charge in [0.05, 0.1) is 7.11 Å². The SMILES string of the molecule is COC(=O)C1=C(C2CCN(C)CC2)CNCC1. The first-order chi connectivity index (χ1) is 8.22. The fraction of sp³-hybridized carbons (Fsp3) is 0.769. The van der Waals surface area contributed by atoms with E-state index >= 15 is 0 Å². The number of hydrogen-bond acceptors (Lipinski definition) is 4. The van der Waals surface area contributed by atoms with Crippen LogP contribution in [0.5, 0.6) is 0 Å². The molecule has 2 heterocycles. The first-order valence-corrected chi connectivity index (χ1v) is 6.42. The molecular formula is C13H22N2O2. The third-order valence-electron chi connectivity index (χ3n) is 3.90. The second kappa shape index (κ2) is 5.65. The lowest BCUT2D eigenvalue weighted by Gasteiger charge is -2.33. The summed E-state index contributed by atoms with van der Waals surface area (Å²) in [6, 6.07) is 0. The van der Waals surface area contributed by atoms with Gasteiger partial charge in [-0.3, -0.25) is 0 Å². The molecule has 0 aliphatic carbocycles. The number of rotatable bonds is 2. The van der Waals surface area contributed by atoms with E-state index in [4.69, 9.17) is 4.74 Å². The van der Waals surface area contributed by atoms with E-state index in [1.807, 2.05) is 0 Å². The minimum absolute atomic E-state index is 0.125. The highest BCUT2D eigenvalue weighted by molar-refractivity contribution is 5.89. The van der Waals surface area contributed by atoms with Crippen LogP contribution in [0.2, 0.25) is 0 Å². The highest BCUT2D eigenvalue weighted by Gasteiger charge is 2.27. The molecule has 0 aromatic rings. The van der Waals surface area contributed by atoms with Crippen LogP contribution in [0.25, 0.3) is 0 Å². The van der Waals surface area contributed by atoms with Crippen molar-refractivity contribution in [3.8, 4) is 0 Å². The van der Waals surface area contributed by atoms with Gasteiger partial charge in [-0.25, -0.2) is 4.79 Å². The Labute approximate surface area is 103 Å². The van der Waals surface area contributed by atoms with E-state index in [-0.39, 0.29) is 5.97 Å². The summed E-state index contributed by atoms with van der Waals surface area (Å²) in [6.07, 6.45) is 3.14. The summed E-state index contributed by atoms with van der Waals surface area (Å²) in [5.74, 6) is 0.438. The van der Waals surface area contributed by atoms with Crippen LogP contribution in [0, 0.1) is 5.92 Å². The molecule has 0 radical (unpaired) electrons. The monoisotopic (exact) mass is 238 g/mol. The second-order valence-corrected chi connectivity index (χ2v) is 5.00. The normalized spacial score (nSPS) is 23.9. The summed E-state index contributed by atoms with van der Waals surface area (Å²) >= 11 is 0. The topological polar surface area (TPSA) is 41.6 Å². The van der Waals surface area contributed by atoms with Crippen LogP contribution in [0.15, 0.2) is 11.1 Å². The van der Waals surface area contributed by atoms with Gasteiger partial charge in [0.25, 0.3) is 0 Å². The predicted molar refractivity (Wildman–Crippen MR) is 66.7 cm³/mol. The minimum Gasteiger partial charge on any atom is -0.466 e. The molecule has 0 amide bonds. The molecule has 0 bridgehead atoms. The fourth-order valence-corrected chi connectivity index (χ4v) is 2.81. The summed E-state index contributed by atoms with van der Waals surface area (Å²) in [6.45, 7) is 4.00. The van der Waals surface area contributed by atoms with Gasteiger partial charge in [0.2, 0.25) is 0 Å². The molecule has 2 aliphatic heterocycles. The number of nitrogens with zero attached hydrogens (tertiary/aromatic N) is 1. The summed E-state index contributed by atoms with van der Waals surface area (Å²) in [7, 11) is 3.63. The van der Waals surface area contributed by atoms with Gasteiger partial charge in [0.15, 0.2) is 0 Å². The van der Waals surface area contributed by atoms with Crippen molar-refractivity contribution in [3.63, 3.8) is 0 Å². The summed E-state index contributed by atoms with van der Waals surface area (Å²) in [5.41, 5.74) is 2.23. The summed E-state index contributed by atoms with van der Waals surface area (Å²) in [4.78, 5) is 14.1. The number of piperidine rings is 1. The first-order valence-electron chi connectivity index (χ1n) is 6.42. The highest BCUT2D eigenvalue weighted by Crippen LogP contribution is 2.29. The molecule has 2 aliphatic rings. The number of esters is 1. The summed E-state index contributed by atoms with van der Waals surface area (Å²) in [5, 5.41) is 3.37. The van der Waals surface area contributed by atoms with E-state index < -0.39 is 0 Å². The molecular weight excluding hydrogens is 216 g/mol. The van der Waals surface area contributed by atoms with E-state index in [2.05, 4.69) is 17.3 Å². The Morgan fingerprint density at radius 2 is 2.12 bits per heavy atom. The zero-order chi connectivity index (χ0) is 12.3. The number of likely N-dealkylation sites (tertiary alicyclic amines) is 1. The molecule has 1 N–H and O–H groups in total. The Balaban J connectivity index is 2.14. The van der Waals surface area contributed by atoms with E-state index in [0.717, 1.165) is 51.0 Å². The lowest BCUT2D eigenvalue weighted by Crippen LogP contribution is -2.36. The average molecular weight is 238 g/mol. The predicted octanol–water partition coefficient (Wildman–Crippen LogP) is 0.791. The zero-order valence-electron chi connectivity index (χ0n) is 10.8. The van der Waals surface area contributed by atoms with Crippen molar-refractivity contribution in [1.82, 2.24) is 10.2 Å². The third kappa shape index (κ3) is 2.87. The molecule has 0 aromatic carbocycles. The highest BCUT2D eigenvalue weighted by atomic mass is 16.5. The maximum absolute atomic E-state index is 11.8. The Morgan fingerprint density at radius 3 is 2.76 bits per heavy atom. The number of methoxy groups -OCH3 is 1. The van der Waals surface area contributed by atoms with Crippen molar-refractivity contribution >= 4 is 5.97 Å². The molecule has 0 aromatic heterocycles. The smallest absolute Gasteiger partial charge is 0.333 e. The molecule has 4 heteroatoms. The number of ether oxygens (including phenoxy) is 1. The number of hydrogen-bond donors (Lipinski definition) is 1. The van der Waals surface area contributed by atoms with Gasteiger partial charge in [0, 0.05) is 12.1 Å². The second-order valence-electron chi connectivity index (χ2n) is 5.00. The van der Waals surface area contributed by atoms with Gasteiger partial charge in [0.1, 0.15) is 0 Å². The van der Waals surface area contributed by atoms with Gasteiger partial charge in [-0.1, -0.05) is 0 Å². The molecule has 96 valence electrons. The quantitative estimate of drug-likeness (QED) is 0.722. The molecule has 0 saturated carbocycles. The van der Waals surface area contributed by atoms with Crippen molar-refractivity contribution in [2.75, 3.05) is 40.3 Å². The molecule has 1 saturated heterocycles. The molecule has 0 atom stereocenters. The molecule has 2 rings (SSSR count). The van der Waals surface area contributed by atoms with Crippen molar-refractivity contribution in [1.29, 1.82) is 0 Å². The zero-order valence-corrected chi connectivity index (χ0v) is 10.8. The first kappa shape index (κ1) is 12.6. The molecule has 0 spiro atoms. The van der Waals surface area contributed by atoms with E-state index in [1.165, 1.54) is 12.7 Å². The van der Waals surface area contributed by atoms with E-state index in [0.29, 0.717) is 5.92 Å². The van der Waals surface area contributed by atoms with Crippen LogP contribution in [-0.4, -0.2) is 51.2 Å². The fourth-order valence-electron chi connectivity index (χ4n) is 2.81. The Hall–Kier alpha value is -0.870. The largest absolute Gasteiger partial charge is 0.466 e. The van der Waals surface area contributed by atoms with Gasteiger partial charge in [-0.2, -0.15) is 0 Å². The van der Waals surface area contributed by atoms with Crippen molar-refractivity contribution in [2.45, 2.75) is 19.3 Å². The average Bonchev–Trinajstić information content (AvgIpc) is 2.39. The molecule has 0 unspecified atom stereocenters. The number of carbonyl (C=O) groups excluding carboxylic acids is 1. The van der Waals surface area contributed by atoms with Crippen LogP contribution in [-0.2, 0) is 9.53 Å². The Morgan fingerprint density at radius 1 is 1.41 bits per heavy atom. The van der Waals surface area contributed by atoms with Gasteiger partial charge in [-0.15, -0.1) is 0 Å². The molecule has 17 heavy (non-hydrogen) atoms. The van der Waals surface area contributed by atoms with Crippen LogP contribution >= 0.6 is 0 Å². The maximum atomic E-state index is 11.8. The van der Waals surface area contributed by atoms with Gasteiger partial charge >= 0.3 is 5.97 Å². The van der Waals surface area contributed by atoms with Gasteiger partial charge in [-0.05, 0) is 57.4 Å². The van der Waals surface area contributed by atoms with E-state index in [1.54, 1.807) is 0 Å². The van der Waals surface area contributed by atoms with Crippen LogP contribution in [0.3, 0.4) is 0 Å². The standard InChI is InChI=1S/C13H22N2O2/c1-15-7-4-10(5-8-15)12-9-14-6-3-11(12)13(16)17-2/h10,14H,3-9H2,1-2H3. The Kier molecular flexibility index (Phi) is 4.18. The van der Waals surface area contributed by atoms with Crippen LogP contribution < -0.4 is 5.32 Å². The number of nitrogens with one attached hydrogen (secondary N) is 1. The van der Waals surface area contributed by atoms with Crippen LogP contribution in [0.4, 0.5) is 0 Å². The number of carbonyl (C=O) groups is 1. The van der Waals surface area contributed by atoms with Crippen molar-refractivity contribution < 1.29 is 9.53 Å².